The van der Waals surface area contributed by atoms with Crippen LogP contribution in [-0.4, -0.2) is 37.5 Å². The van der Waals surface area contributed by atoms with Crippen molar-refractivity contribution >= 4 is 5.69 Å². The normalized spacial score (nSPS) is 18.7. The highest BCUT2D eigenvalue weighted by molar-refractivity contribution is 5.56. The first-order valence-electron chi connectivity index (χ1n) is 6.03. The zero-order valence-electron chi connectivity index (χ0n) is 10.2. The molecule has 94 valence electrons. The molecule has 0 unspecified atom stereocenters. The average molecular weight is 236 g/mol. The molecule has 1 aliphatic heterocycles. The van der Waals surface area contributed by atoms with E-state index in [1.165, 1.54) is 0 Å². The molecule has 0 amide bonds. The van der Waals surface area contributed by atoms with Crippen LogP contribution in [0.3, 0.4) is 0 Å². The van der Waals surface area contributed by atoms with Gasteiger partial charge >= 0.3 is 0 Å². The maximum Gasteiger partial charge on any atom is 0.141 e. The number of methoxy groups -OCH3 is 1. The minimum Gasteiger partial charge on any atom is -0.495 e. The van der Waals surface area contributed by atoms with Crippen LogP contribution in [0.1, 0.15) is 12.8 Å². The predicted octanol–water partition coefficient (Wildman–Crippen LogP) is 1.22. The third kappa shape index (κ3) is 3.11. The van der Waals surface area contributed by atoms with E-state index in [1.807, 2.05) is 24.3 Å². The van der Waals surface area contributed by atoms with Crippen LogP contribution >= 0.6 is 0 Å². The fourth-order valence-electron chi connectivity index (χ4n) is 2.12. The molecule has 0 radical (unpaired) electrons. The summed E-state index contributed by atoms with van der Waals surface area (Å²) in [6, 6.07) is 7.76. The van der Waals surface area contributed by atoms with Gasteiger partial charge in [-0.1, -0.05) is 12.1 Å². The Morgan fingerprint density at radius 3 is 2.76 bits per heavy atom. The number of anilines is 1. The Morgan fingerprint density at radius 2 is 2.06 bits per heavy atom. The molecule has 1 saturated heterocycles. The lowest BCUT2D eigenvalue weighted by Gasteiger charge is -2.33. The molecule has 0 atom stereocenters. The molecule has 4 nitrogen and oxygen atoms in total. The van der Waals surface area contributed by atoms with Crippen molar-refractivity contribution in [3.05, 3.63) is 24.3 Å². The third-order valence-corrected chi connectivity index (χ3v) is 3.25. The monoisotopic (exact) mass is 236 g/mol. The quantitative estimate of drug-likeness (QED) is 0.736. The van der Waals surface area contributed by atoms with Gasteiger partial charge in [0.25, 0.3) is 0 Å². The molecule has 0 aromatic heterocycles. The van der Waals surface area contributed by atoms with Crippen molar-refractivity contribution in [3.63, 3.8) is 0 Å². The molecule has 3 N–H and O–H groups in total. The summed E-state index contributed by atoms with van der Waals surface area (Å²) in [5, 5.41) is 16.9. The van der Waals surface area contributed by atoms with Crippen molar-refractivity contribution in [2.75, 3.05) is 32.1 Å². The molecular weight excluding hydrogens is 216 g/mol. The summed E-state index contributed by atoms with van der Waals surface area (Å²) in [7, 11) is 1.65. The largest absolute Gasteiger partial charge is 0.495 e. The van der Waals surface area contributed by atoms with E-state index in [-0.39, 0.29) is 0 Å². The second kappa shape index (κ2) is 5.38. The summed E-state index contributed by atoms with van der Waals surface area (Å²) >= 11 is 0. The Bertz CT molecular complexity index is 362. The summed E-state index contributed by atoms with van der Waals surface area (Å²) in [5.41, 5.74) is 0.327. The summed E-state index contributed by atoms with van der Waals surface area (Å²) in [4.78, 5) is 0. The molecule has 1 aliphatic rings. The highest BCUT2D eigenvalue weighted by atomic mass is 16.5. The number of hydrogen-bond donors (Lipinski definition) is 3. The van der Waals surface area contributed by atoms with Crippen molar-refractivity contribution in [2.45, 2.75) is 18.4 Å². The highest BCUT2D eigenvalue weighted by Gasteiger charge is 2.28. The predicted molar refractivity (Wildman–Crippen MR) is 68.5 cm³/mol. The summed E-state index contributed by atoms with van der Waals surface area (Å²) in [6.07, 6.45) is 1.57. The third-order valence-electron chi connectivity index (χ3n) is 3.25. The van der Waals surface area contributed by atoms with Gasteiger partial charge in [0, 0.05) is 6.54 Å². The number of para-hydroxylation sites is 2. The van der Waals surface area contributed by atoms with E-state index in [2.05, 4.69) is 10.6 Å². The number of hydrogen-bond acceptors (Lipinski definition) is 4. The van der Waals surface area contributed by atoms with Crippen LogP contribution < -0.4 is 15.4 Å². The Hall–Kier alpha value is -1.26. The van der Waals surface area contributed by atoms with Crippen LogP contribution in [0, 0.1) is 0 Å². The SMILES string of the molecule is COc1ccccc1NCC1(O)CCNCC1. The Balaban J connectivity index is 1.96. The first-order chi connectivity index (χ1) is 8.23. The molecule has 0 saturated carbocycles. The lowest BCUT2D eigenvalue weighted by atomic mass is 9.92. The van der Waals surface area contributed by atoms with Gasteiger partial charge in [0.15, 0.2) is 0 Å². The van der Waals surface area contributed by atoms with Crippen LogP contribution in [0.15, 0.2) is 24.3 Å². The Kier molecular flexibility index (Phi) is 3.86. The summed E-state index contributed by atoms with van der Waals surface area (Å²) < 4.78 is 5.26. The highest BCUT2D eigenvalue weighted by Crippen LogP contribution is 2.25. The van der Waals surface area contributed by atoms with Gasteiger partial charge in [-0.25, -0.2) is 0 Å². The minimum atomic E-state index is -0.605. The number of piperidine rings is 1. The molecule has 2 rings (SSSR count). The fraction of sp³-hybridized carbons (Fsp3) is 0.538. The molecule has 0 spiro atoms. The van der Waals surface area contributed by atoms with Crippen molar-refractivity contribution < 1.29 is 9.84 Å². The van der Waals surface area contributed by atoms with Gasteiger partial charge in [0.05, 0.1) is 18.4 Å². The van der Waals surface area contributed by atoms with Crippen molar-refractivity contribution in [2.24, 2.45) is 0 Å². The zero-order valence-corrected chi connectivity index (χ0v) is 10.2. The van der Waals surface area contributed by atoms with E-state index in [9.17, 15) is 5.11 Å². The molecule has 1 heterocycles. The summed E-state index contributed by atoms with van der Waals surface area (Å²) in [6.45, 7) is 2.32. The second-order valence-electron chi connectivity index (χ2n) is 4.53. The van der Waals surface area contributed by atoms with Gasteiger partial charge in [-0.2, -0.15) is 0 Å². The minimum absolute atomic E-state index is 0.565. The Labute approximate surface area is 102 Å². The molecule has 1 fully saturated rings. The molecule has 1 aromatic carbocycles. The number of ether oxygens (including phenoxy) is 1. The molecule has 0 bridgehead atoms. The molecule has 17 heavy (non-hydrogen) atoms. The van der Waals surface area contributed by atoms with Gasteiger partial charge in [0.1, 0.15) is 5.75 Å². The smallest absolute Gasteiger partial charge is 0.141 e. The fourth-order valence-corrected chi connectivity index (χ4v) is 2.12. The van der Waals surface area contributed by atoms with E-state index in [4.69, 9.17) is 4.74 Å². The van der Waals surface area contributed by atoms with Crippen molar-refractivity contribution in [3.8, 4) is 5.75 Å². The van der Waals surface area contributed by atoms with E-state index in [0.29, 0.717) is 6.54 Å². The van der Waals surface area contributed by atoms with Crippen molar-refractivity contribution in [1.82, 2.24) is 5.32 Å². The van der Waals surface area contributed by atoms with Crippen LogP contribution in [0.4, 0.5) is 5.69 Å². The lowest BCUT2D eigenvalue weighted by molar-refractivity contribution is 0.0232. The van der Waals surface area contributed by atoms with Gasteiger partial charge in [-0.05, 0) is 38.1 Å². The van der Waals surface area contributed by atoms with E-state index >= 15 is 0 Å². The van der Waals surface area contributed by atoms with Gasteiger partial charge in [-0.15, -0.1) is 0 Å². The lowest BCUT2D eigenvalue weighted by Crippen LogP contribution is -2.46. The molecule has 1 aromatic rings. The first kappa shape index (κ1) is 12.2. The number of benzene rings is 1. The maximum atomic E-state index is 10.4. The van der Waals surface area contributed by atoms with E-state index < -0.39 is 5.60 Å². The molecule has 4 heteroatoms. The van der Waals surface area contributed by atoms with Crippen LogP contribution in [-0.2, 0) is 0 Å². The van der Waals surface area contributed by atoms with Crippen LogP contribution in [0.25, 0.3) is 0 Å². The number of rotatable bonds is 4. The topological polar surface area (TPSA) is 53.5 Å². The standard InChI is InChI=1S/C13H20N2O2/c1-17-12-5-3-2-4-11(12)15-10-13(16)6-8-14-9-7-13/h2-5,14-16H,6-10H2,1H3. The van der Waals surface area contributed by atoms with Gasteiger partial charge in [0.2, 0.25) is 0 Å². The maximum absolute atomic E-state index is 10.4. The van der Waals surface area contributed by atoms with E-state index in [1.54, 1.807) is 7.11 Å². The number of nitrogens with one attached hydrogen (secondary N) is 2. The Morgan fingerprint density at radius 1 is 1.35 bits per heavy atom. The zero-order chi connectivity index (χ0) is 12.1. The van der Waals surface area contributed by atoms with Gasteiger partial charge in [-0.3, -0.25) is 0 Å². The van der Waals surface area contributed by atoms with Gasteiger partial charge < -0.3 is 20.5 Å². The van der Waals surface area contributed by atoms with Crippen LogP contribution in [0.2, 0.25) is 0 Å². The number of aliphatic hydroxyl groups is 1. The average Bonchev–Trinajstić information content (AvgIpc) is 2.38. The first-order valence-corrected chi connectivity index (χ1v) is 6.03. The second-order valence-corrected chi connectivity index (χ2v) is 4.53. The molecule has 0 aliphatic carbocycles. The summed E-state index contributed by atoms with van der Waals surface area (Å²) in [5.74, 6) is 0.810. The molecular formula is C13H20N2O2. The van der Waals surface area contributed by atoms with Crippen molar-refractivity contribution in [1.29, 1.82) is 0 Å². The van der Waals surface area contributed by atoms with E-state index in [0.717, 1.165) is 37.4 Å². The van der Waals surface area contributed by atoms with Crippen LogP contribution in [0.5, 0.6) is 5.75 Å².